The number of nitrogens with zero attached hydrogens (tertiary/aromatic N) is 4. The minimum Gasteiger partial charge on any atom is -0.365 e. The Morgan fingerprint density at radius 3 is 2.23 bits per heavy atom. The Morgan fingerprint density at radius 2 is 1.60 bits per heavy atom. The first-order chi connectivity index (χ1) is 19.2. The second-order valence-electron chi connectivity index (χ2n) is 11.0. The van der Waals surface area contributed by atoms with E-state index in [0.717, 1.165) is 51.4 Å². The second kappa shape index (κ2) is 12.0. The first kappa shape index (κ1) is 28.1. The molecule has 12 heteroatoms. The van der Waals surface area contributed by atoms with E-state index in [9.17, 15) is 22.8 Å². The first-order valence-electron chi connectivity index (χ1n) is 14.0. The van der Waals surface area contributed by atoms with Gasteiger partial charge in [-0.25, -0.2) is 4.98 Å². The zero-order chi connectivity index (χ0) is 28.3. The van der Waals surface area contributed by atoms with Gasteiger partial charge in [-0.1, -0.05) is 19.3 Å². The van der Waals surface area contributed by atoms with Crippen molar-refractivity contribution in [2.24, 2.45) is 5.92 Å². The number of carbonyl (C=O) groups excluding carboxylic acids is 2. The highest BCUT2D eigenvalue weighted by Crippen LogP contribution is 2.36. The third kappa shape index (κ3) is 6.65. The van der Waals surface area contributed by atoms with Gasteiger partial charge in [-0.2, -0.15) is 18.2 Å². The van der Waals surface area contributed by atoms with Crippen LogP contribution in [-0.2, 0) is 11.0 Å². The molecular weight excluding hydrogens is 523 g/mol. The van der Waals surface area contributed by atoms with Crippen LogP contribution in [0, 0.1) is 5.92 Å². The van der Waals surface area contributed by atoms with E-state index in [4.69, 9.17) is 0 Å². The average molecular weight is 560 g/mol. The van der Waals surface area contributed by atoms with Crippen LogP contribution in [0.4, 0.5) is 30.6 Å². The number of piperazine rings is 1. The van der Waals surface area contributed by atoms with Crippen molar-refractivity contribution in [3.8, 4) is 0 Å². The lowest BCUT2D eigenvalue weighted by atomic mass is 9.83. The van der Waals surface area contributed by atoms with Gasteiger partial charge < -0.3 is 25.8 Å². The highest BCUT2D eigenvalue weighted by atomic mass is 19.4. The lowest BCUT2D eigenvalue weighted by Gasteiger charge is -2.35. The number of likely N-dealkylation sites (N-methyl/N-ethyl adjacent to an activating group) is 1. The van der Waals surface area contributed by atoms with Crippen LogP contribution in [0.15, 0.2) is 30.5 Å². The Balaban J connectivity index is 1.29. The monoisotopic (exact) mass is 559 g/mol. The van der Waals surface area contributed by atoms with Crippen LogP contribution in [0.3, 0.4) is 0 Å². The molecule has 0 radical (unpaired) electrons. The third-order valence-corrected chi connectivity index (χ3v) is 8.16. The molecule has 0 spiro atoms. The number of rotatable bonds is 7. The number of nitrogens with one attached hydrogen (secondary N) is 3. The van der Waals surface area contributed by atoms with Gasteiger partial charge in [0.1, 0.15) is 11.4 Å². The van der Waals surface area contributed by atoms with Crippen molar-refractivity contribution in [1.82, 2.24) is 25.1 Å². The molecule has 5 rings (SSSR count). The fraction of sp³-hybridized carbons (Fsp3) is 0.571. The Bertz CT molecular complexity index is 1200. The number of carbonyl (C=O) groups is 2. The van der Waals surface area contributed by atoms with Crippen LogP contribution < -0.4 is 16.0 Å². The van der Waals surface area contributed by atoms with E-state index in [-0.39, 0.29) is 41.6 Å². The summed E-state index contributed by atoms with van der Waals surface area (Å²) >= 11 is 0. The van der Waals surface area contributed by atoms with E-state index in [0.29, 0.717) is 37.2 Å². The van der Waals surface area contributed by atoms with E-state index in [2.05, 4.69) is 30.8 Å². The molecule has 3 fully saturated rings. The number of halogens is 3. The summed E-state index contributed by atoms with van der Waals surface area (Å²) in [7, 11) is 2.02. The molecular formula is C28H36F3N7O2. The zero-order valence-corrected chi connectivity index (χ0v) is 22.6. The van der Waals surface area contributed by atoms with Crippen LogP contribution in [0.5, 0.6) is 0 Å². The van der Waals surface area contributed by atoms with Gasteiger partial charge in [-0.15, -0.1) is 0 Å². The number of anilines is 3. The molecule has 3 aliphatic rings. The third-order valence-electron chi connectivity index (χ3n) is 8.16. The molecule has 1 saturated heterocycles. The Morgan fingerprint density at radius 1 is 0.925 bits per heavy atom. The van der Waals surface area contributed by atoms with Gasteiger partial charge in [0.2, 0.25) is 11.9 Å². The second-order valence-corrected chi connectivity index (χ2v) is 11.0. The van der Waals surface area contributed by atoms with Crippen LogP contribution in [0.25, 0.3) is 0 Å². The largest absolute Gasteiger partial charge is 0.421 e. The average Bonchev–Trinajstić information content (AvgIpc) is 2.89. The summed E-state index contributed by atoms with van der Waals surface area (Å²) in [5.74, 6) is -0.378. The van der Waals surface area contributed by atoms with Gasteiger partial charge in [0, 0.05) is 61.6 Å². The molecule has 1 aromatic carbocycles. The van der Waals surface area contributed by atoms with Crippen molar-refractivity contribution in [2.45, 2.75) is 63.2 Å². The van der Waals surface area contributed by atoms with Gasteiger partial charge in [-0.05, 0) is 57.0 Å². The predicted octanol–water partition coefficient (Wildman–Crippen LogP) is 4.27. The van der Waals surface area contributed by atoms with Crippen molar-refractivity contribution in [1.29, 1.82) is 0 Å². The molecule has 3 N–H and O–H groups in total. The van der Waals surface area contributed by atoms with E-state index in [1.54, 1.807) is 24.3 Å². The van der Waals surface area contributed by atoms with Crippen LogP contribution in [-0.4, -0.2) is 76.9 Å². The smallest absolute Gasteiger partial charge is 0.365 e. The summed E-state index contributed by atoms with van der Waals surface area (Å²) < 4.78 is 41.6. The maximum atomic E-state index is 13.9. The molecule has 1 aliphatic heterocycles. The molecule has 2 atom stereocenters. The van der Waals surface area contributed by atoms with Crippen molar-refractivity contribution in [2.75, 3.05) is 43.9 Å². The lowest BCUT2D eigenvalue weighted by molar-refractivity contribution is -0.137. The van der Waals surface area contributed by atoms with Crippen molar-refractivity contribution in [3.63, 3.8) is 0 Å². The minimum atomic E-state index is -4.65. The summed E-state index contributed by atoms with van der Waals surface area (Å²) in [6, 6.07) is 6.10. The first-order valence-corrected chi connectivity index (χ1v) is 14.0. The van der Waals surface area contributed by atoms with Gasteiger partial charge in [0.05, 0.1) is 0 Å². The normalized spacial score (nSPS) is 22.4. The molecule has 2 heterocycles. The molecule has 2 amide bonds. The van der Waals surface area contributed by atoms with Gasteiger partial charge >= 0.3 is 6.18 Å². The Kier molecular flexibility index (Phi) is 8.43. The fourth-order valence-electron chi connectivity index (χ4n) is 5.40. The molecule has 2 aliphatic carbocycles. The van der Waals surface area contributed by atoms with E-state index < -0.39 is 11.7 Å². The summed E-state index contributed by atoms with van der Waals surface area (Å²) in [5, 5.41) is 9.02. The standard InChI is InChI=1S/C28H36F3N7O2/c1-37-13-15-38(16-14-37)26(40)19-9-11-20(12-10-19)33-27-32-17-21(28(29,30)31)24(36-27)34-22-7-2-3-8-23(22)35-25(39)18-5-4-6-18/h9-12,17-18,22-23H,2-8,13-16H2,1H3,(H,35,39)(H2,32,33,34,36)/t22-,23+/m1/s1. The quantitative estimate of drug-likeness (QED) is 0.466. The van der Waals surface area contributed by atoms with E-state index in [1.807, 2.05) is 11.9 Å². The summed E-state index contributed by atoms with van der Waals surface area (Å²) in [6.45, 7) is 2.97. The molecule has 0 bridgehead atoms. The molecule has 1 aromatic heterocycles. The molecule has 216 valence electrons. The van der Waals surface area contributed by atoms with E-state index in [1.165, 1.54) is 0 Å². The van der Waals surface area contributed by atoms with Crippen LogP contribution in [0.1, 0.15) is 60.9 Å². The minimum absolute atomic E-state index is 0.000456. The molecule has 2 aromatic rings. The highest BCUT2D eigenvalue weighted by molar-refractivity contribution is 5.94. The SMILES string of the molecule is CN1CCN(C(=O)c2ccc(Nc3ncc(C(F)(F)F)c(N[C@@H]4CCCC[C@@H]4NC(=O)C4CCC4)n3)cc2)CC1. The lowest BCUT2D eigenvalue weighted by Crippen LogP contribution is -2.51. The van der Waals surface area contributed by atoms with E-state index >= 15 is 0 Å². The van der Waals surface area contributed by atoms with Crippen molar-refractivity contribution >= 4 is 29.3 Å². The number of hydrogen-bond donors (Lipinski definition) is 3. The number of alkyl halides is 3. The number of aromatic nitrogens is 2. The number of hydrogen-bond acceptors (Lipinski definition) is 7. The Labute approximate surface area is 231 Å². The summed E-state index contributed by atoms with van der Waals surface area (Å²) in [4.78, 5) is 37.5. The maximum Gasteiger partial charge on any atom is 0.421 e. The summed E-state index contributed by atoms with van der Waals surface area (Å²) in [6.07, 6.45) is 1.97. The van der Waals surface area contributed by atoms with Crippen molar-refractivity contribution in [3.05, 3.63) is 41.6 Å². The number of benzene rings is 1. The van der Waals surface area contributed by atoms with Gasteiger partial charge in [0.15, 0.2) is 0 Å². The molecule has 9 nitrogen and oxygen atoms in total. The summed E-state index contributed by atoms with van der Waals surface area (Å²) in [5.41, 5.74) is 0.128. The number of amides is 2. The van der Waals surface area contributed by atoms with Gasteiger partial charge in [0.25, 0.3) is 5.91 Å². The highest BCUT2D eigenvalue weighted by Gasteiger charge is 2.38. The molecule has 0 unspecified atom stereocenters. The molecule has 2 saturated carbocycles. The van der Waals surface area contributed by atoms with Gasteiger partial charge in [-0.3, -0.25) is 9.59 Å². The predicted molar refractivity (Wildman–Crippen MR) is 145 cm³/mol. The topological polar surface area (TPSA) is 102 Å². The maximum absolute atomic E-state index is 13.9. The Hall–Kier alpha value is -3.41. The van der Waals surface area contributed by atoms with Crippen LogP contribution in [0.2, 0.25) is 0 Å². The fourth-order valence-corrected chi connectivity index (χ4v) is 5.40. The zero-order valence-electron chi connectivity index (χ0n) is 22.6. The van der Waals surface area contributed by atoms with Crippen LogP contribution >= 0.6 is 0 Å². The van der Waals surface area contributed by atoms with Crippen molar-refractivity contribution < 1.29 is 22.8 Å². The molecule has 40 heavy (non-hydrogen) atoms.